The highest BCUT2D eigenvalue weighted by molar-refractivity contribution is 5.45. The zero-order chi connectivity index (χ0) is 13.0. The first-order valence-electron chi connectivity index (χ1n) is 6.91. The average molecular weight is 250 g/mol. The summed E-state index contributed by atoms with van der Waals surface area (Å²) in [6.45, 7) is 2.88. The highest BCUT2D eigenvalue weighted by Gasteiger charge is 2.34. The second kappa shape index (κ2) is 5.70. The molecule has 1 aliphatic carbocycles. The van der Waals surface area contributed by atoms with Crippen molar-refractivity contribution < 1.29 is 4.39 Å². The second-order valence-electron chi connectivity index (χ2n) is 5.49. The van der Waals surface area contributed by atoms with Gasteiger partial charge >= 0.3 is 0 Å². The van der Waals surface area contributed by atoms with Crippen LogP contribution in [-0.2, 0) is 0 Å². The lowest BCUT2D eigenvalue weighted by atomic mass is 9.74. The molecular weight excluding hydrogens is 227 g/mol. The van der Waals surface area contributed by atoms with Crippen LogP contribution in [0.2, 0.25) is 0 Å². The molecule has 0 spiro atoms. The Labute approximate surface area is 109 Å². The Bertz CT molecular complexity index is 377. The zero-order valence-electron chi connectivity index (χ0n) is 11.1. The first-order valence-corrected chi connectivity index (χ1v) is 6.91. The Morgan fingerprint density at radius 1 is 1.39 bits per heavy atom. The maximum atomic E-state index is 12.9. The molecule has 0 aliphatic heterocycles. The molecule has 3 heteroatoms. The summed E-state index contributed by atoms with van der Waals surface area (Å²) in [5, 5.41) is 3.54. The summed E-state index contributed by atoms with van der Waals surface area (Å²) in [5.74, 6) is 0.563. The molecule has 3 N–H and O–H groups in total. The minimum absolute atomic E-state index is 0.00322. The van der Waals surface area contributed by atoms with Crippen molar-refractivity contribution in [2.75, 3.05) is 11.9 Å². The molecule has 0 amide bonds. The lowest BCUT2D eigenvalue weighted by Crippen LogP contribution is -2.49. The van der Waals surface area contributed by atoms with Gasteiger partial charge in [-0.1, -0.05) is 26.2 Å². The van der Waals surface area contributed by atoms with Gasteiger partial charge in [0.15, 0.2) is 0 Å². The van der Waals surface area contributed by atoms with Crippen molar-refractivity contribution >= 4 is 5.69 Å². The molecule has 2 nitrogen and oxygen atoms in total. The van der Waals surface area contributed by atoms with E-state index in [9.17, 15) is 4.39 Å². The molecule has 1 aromatic carbocycles. The molecule has 2 rings (SSSR count). The molecule has 1 aromatic rings. The van der Waals surface area contributed by atoms with Crippen molar-refractivity contribution in [2.45, 2.75) is 44.6 Å². The van der Waals surface area contributed by atoms with Gasteiger partial charge in [-0.15, -0.1) is 0 Å². The third kappa shape index (κ3) is 3.02. The van der Waals surface area contributed by atoms with Gasteiger partial charge in [0, 0.05) is 17.8 Å². The molecule has 0 radical (unpaired) electrons. The van der Waals surface area contributed by atoms with Crippen LogP contribution in [0.3, 0.4) is 0 Å². The van der Waals surface area contributed by atoms with E-state index in [2.05, 4.69) is 12.2 Å². The van der Waals surface area contributed by atoms with E-state index in [-0.39, 0.29) is 11.4 Å². The van der Waals surface area contributed by atoms with E-state index in [4.69, 9.17) is 5.73 Å². The monoisotopic (exact) mass is 250 g/mol. The maximum absolute atomic E-state index is 12.9. The summed E-state index contributed by atoms with van der Waals surface area (Å²) in [4.78, 5) is 0. The Morgan fingerprint density at radius 3 is 2.72 bits per heavy atom. The summed E-state index contributed by atoms with van der Waals surface area (Å²) < 4.78 is 12.9. The zero-order valence-corrected chi connectivity index (χ0v) is 11.1. The van der Waals surface area contributed by atoms with Crippen LogP contribution in [0.5, 0.6) is 0 Å². The number of nitrogens with two attached hydrogens (primary N) is 1. The predicted octanol–water partition coefficient (Wildman–Crippen LogP) is 3.54. The van der Waals surface area contributed by atoms with E-state index in [1.54, 1.807) is 12.1 Å². The highest BCUT2D eigenvalue weighted by Crippen LogP contribution is 2.36. The summed E-state index contributed by atoms with van der Waals surface area (Å²) in [6, 6.07) is 6.57. The van der Waals surface area contributed by atoms with Gasteiger partial charge in [0.25, 0.3) is 0 Å². The number of halogens is 1. The molecule has 100 valence electrons. The van der Waals surface area contributed by atoms with Gasteiger partial charge in [-0.25, -0.2) is 4.39 Å². The van der Waals surface area contributed by atoms with Crippen LogP contribution in [0.1, 0.15) is 39.0 Å². The smallest absolute Gasteiger partial charge is 0.123 e. The second-order valence-corrected chi connectivity index (χ2v) is 5.49. The Morgan fingerprint density at radius 2 is 2.11 bits per heavy atom. The number of nitrogens with one attached hydrogen (secondary N) is 1. The fourth-order valence-electron chi connectivity index (χ4n) is 3.02. The molecule has 0 heterocycles. The normalized spacial score (nSPS) is 28.1. The van der Waals surface area contributed by atoms with Crippen molar-refractivity contribution in [1.82, 2.24) is 0 Å². The van der Waals surface area contributed by atoms with Crippen molar-refractivity contribution in [2.24, 2.45) is 11.7 Å². The topological polar surface area (TPSA) is 38.0 Å². The summed E-state index contributed by atoms with van der Waals surface area (Å²) in [7, 11) is 0. The number of rotatable bonds is 4. The number of benzene rings is 1. The fourth-order valence-corrected chi connectivity index (χ4v) is 3.02. The average Bonchev–Trinajstić information content (AvgIpc) is 2.42. The van der Waals surface area contributed by atoms with Gasteiger partial charge in [0.1, 0.15) is 5.82 Å². The molecule has 0 saturated heterocycles. The largest absolute Gasteiger partial charge is 0.378 e. The van der Waals surface area contributed by atoms with Crippen LogP contribution in [0.25, 0.3) is 0 Å². The minimum atomic E-state index is -0.197. The maximum Gasteiger partial charge on any atom is 0.123 e. The molecule has 0 aromatic heterocycles. The summed E-state index contributed by atoms with van der Waals surface area (Å²) in [6.07, 6.45) is 5.98. The molecule has 2 atom stereocenters. The fraction of sp³-hybridized carbons (Fsp3) is 0.600. The molecule has 18 heavy (non-hydrogen) atoms. The van der Waals surface area contributed by atoms with Crippen molar-refractivity contribution in [3.8, 4) is 0 Å². The molecular formula is C15H23FN2. The van der Waals surface area contributed by atoms with E-state index in [1.165, 1.54) is 31.4 Å². The van der Waals surface area contributed by atoms with Gasteiger partial charge in [-0.05, 0) is 43.0 Å². The third-order valence-electron chi connectivity index (χ3n) is 4.17. The molecule has 1 aliphatic rings. The molecule has 1 fully saturated rings. The van der Waals surface area contributed by atoms with Crippen LogP contribution in [-0.4, -0.2) is 12.1 Å². The van der Waals surface area contributed by atoms with Gasteiger partial charge in [0.2, 0.25) is 0 Å². The number of hydrogen-bond donors (Lipinski definition) is 2. The van der Waals surface area contributed by atoms with E-state index in [1.807, 2.05) is 0 Å². The first kappa shape index (κ1) is 13.3. The van der Waals surface area contributed by atoms with Crippen LogP contribution < -0.4 is 11.1 Å². The van der Waals surface area contributed by atoms with Gasteiger partial charge < -0.3 is 11.1 Å². The van der Waals surface area contributed by atoms with Gasteiger partial charge in [0.05, 0.1) is 0 Å². The Kier molecular flexibility index (Phi) is 4.23. The lowest BCUT2D eigenvalue weighted by Gasteiger charge is -2.41. The Balaban J connectivity index is 2.09. The predicted molar refractivity (Wildman–Crippen MR) is 74.1 cm³/mol. The first-order chi connectivity index (χ1) is 8.67. The van der Waals surface area contributed by atoms with Crippen LogP contribution in [0.15, 0.2) is 24.3 Å². The van der Waals surface area contributed by atoms with Crippen molar-refractivity contribution in [1.29, 1.82) is 0 Å². The Hall–Kier alpha value is -1.09. The minimum Gasteiger partial charge on any atom is -0.378 e. The van der Waals surface area contributed by atoms with Crippen molar-refractivity contribution in [3.05, 3.63) is 30.1 Å². The van der Waals surface area contributed by atoms with Crippen LogP contribution in [0.4, 0.5) is 10.1 Å². The molecule has 1 saturated carbocycles. The van der Waals surface area contributed by atoms with Crippen LogP contribution >= 0.6 is 0 Å². The number of hydrogen-bond acceptors (Lipinski definition) is 2. The van der Waals surface area contributed by atoms with Gasteiger partial charge in [-0.3, -0.25) is 0 Å². The van der Waals surface area contributed by atoms with E-state index in [0.717, 1.165) is 24.4 Å². The lowest BCUT2D eigenvalue weighted by molar-refractivity contribution is 0.244. The third-order valence-corrected chi connectivity index (χ3v) is 4.17. The van der Waals surface area contributed by atoms with E-state index >= 15 is 0 Å². The highest BCUT2D eigenvalue weighted by atomic mass is 19.1. The van der Waals surface area contributed by atoms with E-state index < -0.39 is 0 Å². The van der Waals surface area contributed by atoms with Crippen molar-refractivity contribution in [3.63, 3.8) is 0 Å². The molecule has 0 bridgehead atoms. The SMILES string of the molecule is CCC1CCCC(CN)(Nc2ccc(F)cc2)C1. The summed E-state index contributed by atoms with van der Waals surface area (Å²) in [5.41, 5.74) is 6.96. The standard InChI is InChI=1S/C15H23FN2/c1-2-12-4-3-9-15(10-12,11-17)18-14-7-5-13(16)6-8-14/h5-8,12,18H,2-4,9-11,17H2,1H3. The van der Waals surface area contributed by atoms with E-state index in [0.29, 0.717) is 6.54 Å². The number of anilines is 1. The molecule has 2 unspecified atom stereocenters. The van der Waals surface area contributed by atoms with Gasteiger partial charge in [-0.2, -0.15) is 0 Å². The van der Waals surface area contributed by atoms with Crippen LogP contribution in [0, 0.1) is 11.7 Å². The summed E-state index contributed by atoms with van der Waals surface area (Å²) >= 11 is 0. The quantitative estimate of drug-likeness (QED) is 0.857.